The lowest BCUT2D eigenvalue weighted by molar-refractivity contribution is 0.102. The second-order valence-electron chi connectivity index (χ2n) is 7.68. The molecule has 0 spiro atoms. The van der Waals surface area contributed by atoms with E-state index in [1.165, 1.54) is 7.11 Å². The molecule has 0 aliphatic carbocycles. The van der Waals surface area contributed by atoms with Crippen molar-refractivity contribution < 1.29 is 23.8 Å². The van der Waals surface area contributed by atoms with E-state index in [1.807, 2.05) is 54.6 Å². The fraction of sp³-hybridized carbons (Fsp3) is 0.148. The standard InChI is InChI=1S/C27H26N4O5/c1-34-15-16-36-27(33)29-21-8-6-7-20(17-21)28-26(32)24-18-25(19-11-13-23(35-2)14-12-19)31(30-24)22-9-4-3-5-10-22/h3-14,17-18H,15-16H2,1-2H3,(H,28,32)(H,29,33). The van der Waals surface area contributed by atoms with E-state index in [0.717, 1.165) is 22.7 Å². The molecule has 2 N–H and O–H groups in total. The topological polar surface area (TPSA) is 104 Å². The molecule has 0 saturated heterocycles. The zero-order valence-electron chi connectivity index (χ0n) is 19.9. The van der Waals surface area contributed by atoms with Crippen LogP contribution in [0.1, 0.15) is 10.5 Å². The van der Waals surface area contributed by atoms with Crippen LogP contribution in [0.4, 0.5) is 16.2 Å². The lowest BCUT2D eigenvalue weighted by atomic mass is 10.1. The molecular formula is C27H26N4O5. The quantitative estimate of drug-likeness (QED) is 0.323. The molecule has 9 nitrogen and oxygen atoms in total. The van der Waals surface area contributed by atoms with E-state index in [9.17, 15) is 9.59 Å². The number of carbonyl (C=O) groups is 2. The second-order valence-corrected chi connectivity index (χ2v) is 7.68. The molecule has 0 unspecified atom stereocenters. The Kier molecular flexibility index (Phi) is 7.94. The first-order chi connectivity index (χ1) is 17.6. The summed E-state index contributed by atoms with van der Waals surface area (Å²) >= 11 is 0. The number of aromatic nitrogens is 2. The van der Waals surface area contributed by atoms with Crippen molar-refractivity contribution in [2.24, 2.45) is 0 Å². The Balaban J connectivity index is 1.55. The first-order valence-electron chi connectivity index (χ1n) is 11.2. The van der Waals surface area contributed by atoms with E-state index >= 15 is 0 Å². The van der Waals surface area contributed by atoms with E-state index in [2.05, 4.69) is 15.7 Å². The van der Waals surface area contributed by atoms with Crippen LogP contribution in [0.3, 0.4) is 0 Å². The fourth-order valence-corrected chi connectivity index (χ4v) is 3.47. The van der Waals surface area contributed by atoms with Crippen LogP contribution >= 0.6 is 0 Å². The number of hydrogen-bond donors (Lipinski definition) is 2. The summed E-state index contributed by atoms with van der Waals surface area (Å²) in [6.07, 6.45) is -0.610. The lowest BCUT2D eigenvalue weighted by Crippen LogP contribution is -2.17. The third-order valence-corrected chi connectivity index (χ3v) is 5.22. The molecule has 0 saturated carbocycles. The molecule has 0 atom stereocenters. The Morgan fingerprint density at radius 1 is 0.833 bits per heavy atom. The summed E-state index contributed by atoms with van der Waals surface area (Å²) in [5, 5.41) is 10.0. The van der Waals surface area contributed by atoms with E-state index in [0.29, 0.717) is 18.0 Å². The van der Waals surface area contributed by atoms with Gasteiger partial charge in [-0.2, -0.15) is 5.10 Å². The summed E-state index contributed by atoms with van der Waals surface area (Å²) in [7, 11) is 3.14. The van der Waals surface area contributed by atoms with Crippen molar-refractivity contribution in [3.05, 3.63) is 90.6 Å². The van der Waals surface area contributed by atoms with Crippen molar-refractivity contribution in [3.63, 3.8) is 0 Å². The number of carbonyl (C=O) groups excluding carboxylic acids is 2. The normalized spacial score (nSPS) is 10.5. The van der Waals surface area contributed by atoms with Crippen molar-refractivity contribution >= 4 is 23.4 Å². The fourth-order valence-electron chi connectivity index (χ4n) is 3.47. The molecule has 0 fully saturated rings. The molecule has 0 bridgehead atoms. The van der Waals surface area contributed by atoms with Crippen molar-refractivity contribution in [1.82, 2.24) is 9.78 Å². The van der Waals surface area contributed by atoms with Crippen LogP contribution in [0.2, 0.25) is 0 Å². The first kappa shape index (κ1) is 24.5. The van der Waals surface area contributed by atoms with Crippen LogP contribution in [0.15, 0.2) is 84.9 Å². The lowest BCUT2D eigenvalue weighted by Gasteiger charge is -2.09. The SMILES string of the molecule is COCCOC(=O)Nc1cccc(NC(=O)c2cc(-c3ccc(OC)cc3)n(-c3ccccc3)n2)c1. The van der Waals surface area contributed by atoms with Gasteiger partial charge in [0.25, 0.3) is 5.91 Å². The first-order valence-corrected chi connectivity index (χ1v) is 11.2. The number of ether oxygens (including phenoxy) is 3. The molecule has 4 aromatic rings. The summed E-state index contributed by atoms with van der Waals surface area (Å²) in [6.45, 7) is 0.441. The average Bonchev–Trinajstić information content (AvgIpc) is 3.35. The van der Waals surface area contributed by atoms with Gasteiger partial charge in [0.2, 0.25) is 0 Å². The van der Waals surface area contributed by atoms with Gasteiger partial charge in [0.05, 0.1) is 25.1 Å². The molecule has 2 amide bonds. The maximum absolute atomic E-state index is 13.1. The van der Waals surface area contributed by atoms with E-state index in [-0.39, 0.29) is 18.2 Å². The van der Waals surface area contributed by atoms with Crippen LogP contribution < -0.4 is 15.4 Å². The van der Waals surface area contributed by atoms with Crippen LogP contribution in [0.5, 0.6) is 5.75 Å². The van der Waals surface area contributed by atoms with Gasteiger partial charge in [-0.05, 0) is 60.7 Å². The average molecular weight is 487 g/mol. The van der Waals surface area contributed by atoms with Crippen molar-refractivity contribution in [3.8, 4) is 22.7 Å². The molecule has 1 heterocycles. The molecule has 0 aliphatic rings. The van der Waals surface area contributed by atoms with Crippen molar-refractivity contribution in [1.29, 1.82) is 0 Å². The van der Waals surface area contributed by atoms with E-state index in [1.54, 1.807) is 42.1 Å². The second kappa shape index (κ2) is 11.7. The molecule has 1 aromatic heterocycles. The van der Waals surface area contributed by atoms with Gasteiger partial charge in [-0.15, -0.1) is 0 Å². The minimum Gasteiger partial charge on any atom is -0.497 e. The Hall–Kier alpha value is -4.63. The molecule has 9 heteroatoms. The number of nitrogens with zero attached hydrogens (tertiary/aromatic N) is 2. The van der Waals surface area contributed by atoms with Gasteiger partial charge >= 0.3 is 6.09 Å². The molecular weight excluding hydrogens is 460 g/mol. The smallest absolute Gasteiger partial charge is 0.411 e. The van der Waals surface area contributed by atoms with Gasteiger partial charge in [-0.25, -0.2) is 9.48 Å². The maximum Gasteiger partial charge on any atom is 0.411 e. The Morgan fingerprint density at radius 2 is 1.56 bits per heavy atom. The zero-order chi connectivity index (χ0) is 25.3. The third kappa shape index (κ3) is 6.08. The molecule has 36 heavy (non-hydrogen) atoms. The van der Waals surface area contributed by atoms with Crippen LogP contribution in [0.25, 0.3) is 16.9 Å². The highest BCUT2D eigenvalue weighted by Gasteiger charge is 2.17. The Bertz CT molecular complexity index is 1320. The van der Waals surface area contributed by atoms with E-state index < -0.39 is 6.09 Å². The monoisotopic (exact) mass is 486 g/mol. The van der Waals surface area contributed by atoms with Crippen LogP contribution in [0, 0.1) is 0 Å². The number of anilines is 2. The predicted octanol–water partition coefficient (Wildman–Crippen LogP) is 5.00. The molecule has 0 radical (unpaired) electrons. The number of amides is 2. The highest BCUT2D eigenvalue weighted by molar-refractivity contribution is 6.04. The largest absolute Gasteiger partial charge is 0.497 e. The van der Waals surface area contributed by atoms with Gasteiger partial charge in [-0.3, -0.25) is 10.1 Å². The third-order valence-electron chi connectivity index (χ3n) is 5.22. The number of para-hydroxylation sites is 1. The van der Waals surface area contributed by atoms with Gasteiger partial charge in [-0.1, -0.05) is 24.3 Å². The maximum atomic E-state index is 13.1. The minimum absolute atomic E-state index is 0.138. The summed E-state index contributed by atoms with van der Waals surface area (Å²) in [4.78, 5) is 25.0. The number of rotatable bonds is 9. The van der Waals surface area contributed by atoms with Crippen LogP contribution in [-0.4, -0.2) is 49.2 Å². The number of benzene rings is 3. The summed E-state index contributed by atoms with van der Waals surface area (Å²) in [5.74, 6) is 0.345. The Morgan fingerprint density at radius 3 is 2.25 bits per heavy atom. The summed E-state index contributed by atoms with van der Waals surface area (Å²) in [6, 6.07) is 25.6. The van der Waals surface area contributed by atoms with Gasteiger partial charge in [0, 0.05) is 24.0 Å². The Labute approximate surface area is 208 Å². The van der Waals surface area contributed by atoms with Crippen LogP contribution in [-0.2, 0) is 9.47 Å². The highest BCUT2D eigenvalue weighted by atomic mass is 16.6. The molecule has 3 aromatic carbocycles. The minimum atomic E-state index is -0.610. The molecule has 4 rings (SSSR count). The van der Waals surface area contributed by atoms with Gasteiger partial charge in [0.15, 0.2) is 5.69 Å². The van der Waals surface area contributed by atoms with Gasteiger partial charge < -0.3 is 19.5 Å². The molecule has 0 aliphatic heterocycles. The van der Waals surface area contributed by atoms with Crippen molar-refractivity contribution in [2.45, 2.75) is 0 Å². The summed E-state index contributed by atoms with van der Waals surface area (Å²) < 4.78 is 16.9. The zero-order valence-corrected chi connectivity index (χ0v) is 19.9. The predicted molar refractivity (Wildman–Crippen MR) is 137 cm³/mol. The van der Waals surface area contributed by atoms with Crippen molar-refractivity contribution in [2.75, 3.05) is 38.1 Å². The number of nitrogens with one attached hydrogen (secondary N) is 2. The van der Waals surface area contributed by atoms with Gasteiger partial charge in [0.1, 0.15) is 12.4 Å². The van der Waals surface area contributed by atoms with E-state index in [4.69, 9.17) is 14.2 Å². The number of hydrogen-bond acceptors (Lipinski definition) is 6. The molecule has 184 valence electrons. The summed E-state index contributed by atoms with van der Waals surface area (Å²) in [5.41, 5.74) is 3.66. The number of methoxy groups -OCH3 is 2. The highest BCUT2D eigenvalue weighted by Crippen LogP contribution is 2.26.